The Hall–Kier alpha value is -1.76. The van der Waals surface area contributed by atoms with Crippen molar-refractivity contribution in [3.8, 4) is 0 Å². The maximum absolute atomic E-state index is 12.0. The molecule has 1 atom stereocenters. The van der Waals surface area contributed by atoms with E-state index in [0.717, 1.165) is 0 Å². The van der Waals surface area contributed by atoms with Crippen LogP contribution in [-0.2, 0) is 9.53 Å². The SMILES string of the molecule is Cc1c(N)cccc1NC(=O)C(C)OCCC(F)(F)F. The third-order valence-corrected chi connectivity index (χ3v) is 2.76. The van der Waals surface area contributed by atoms with Gasteiger partial charge in [0.25, 0.3) is 5.91 Å². The highest BCUT2D eigenvalue weighted by Crippen LogP contribution is 2.21. The lowest BCUT2D eigenvalue weighted by Crippen LogP contribution is -2.29. The van der Waals surface area contributed by atoms with Crippen molar-refractivity contribution in [3.05, 3.63) is 23.8 Å². The van der Waals surface area contributed by atoms with Crippen LogP contribution in [0.2, 0.25) is 0 Å². The molecule has 7 heteroatoms. The molecular weight excluding hydrogens is 273 g/mol. The van der Waals surface area contributed by atoms with Crippen molar-refractivity contribution < 1.29 is 22.7 Å². The predicted octanol–water partition coefficient (Wildman–Crippen LogP) is 2.87. The molecule has 0 aromatic heterocycles. The minimum atomic E-state index is -4.29. The van der Waals surface area contributed by atoms with Gasteiger partial charge in [-0.05, 0) is 31.5 Å². The Morgan fingerprint density at radius 2 is 2.10 bits per heavy atom. The quantitative estimate of drug-likeness (QED) is 0.820. The predicted molar refractivity (Wildman–Crippen MR) is 70.3 cm³/mol. The Bertz CT molecular complexity index is 475. The second-order valence-corrected chi connectivity index (χ2v) is 4.39. The van der Waals surface area contributed by atoms with E-state index in [2.05, 4.69) is 5.32 Å². The zero-order valence-electron chi connectivity index (χ0n) is 11.3. The summed E-state index contributed by atoms with van der Waals surface area (Å²) in [6.45, 7) is 2.58. The van der Waals surface area contributed by atoms with Crippen LogP contribution < -0.4 is 11.1 Å². The van der Waals surface area contributed by atoms with E-state index < -0.39 is 31.2 Å². The first-order chi connectivity index (χ1) is 9.20. The van der Waals surface area contributed by atoms with Gasteiger partial charge in [0.05, 0.1) is 13.0 Å². The van der Waals surface area contributed by atoms with E-state index in [1.807, 2.05) is 0 Å². The van der Waals surface area contributed by atoms with Crippen LogP contribution in [0.4, 0.5) is 24.5 Å². The average Bonchev–Trinajstić information content (AvgIpc) is 2.33. The van der Waals surface area contributed by atoms with E-state index in [4.69, 9.17) is 10.5 Å². The summed E-state index contributed by atoms with van der Waals surface area (Å²) in [6.07, 6.45) is -6.35. The number of carbonyl (C=O) groups excluding carboxylic acids is 1. The Labute approximate surface area is 115 Å². The second-order valence-electron chi connectivity index (χ2n) is 4.39. The number of halogens is 3. The van der Waals surface area contributed by atoms with E-state index in [9.17, 15) is 18.0 Å². The van der Waals surface area contributed by atoms with Crippen LogP contribution in [0.5, 0.6) is 0 Å². The molecule has 112 valence electrons. The summed E-state index contributed by atoms with van der Waals surface area (Å²) in [5, 5.41) is 2.57. The third kappa shape index (κ3) is 5.08. The second kappa shape index (κ2) is 6.60. The highest BCUT2D eigenvalue weighted by Gasteiger charge is 2.27. The number of nitrogen functional groups attached to an aromatic ring is 1. The minimum absolute atomic E-state index is 0.513. The molecule has 20 heavy (non-hydrogen) atoms. The number of amides is 1. The first-order valence-corrected chi connectivity index (χ1v) is 6.05. The van der Waals surface area contributed by atoms with Gasteiger partial charge in [-0.25, -0.2) is 0 Å². The van der Waals surface area contributed by atoms with Gasteiger partial charge in [-0.2, -0.15) is 13.2 Å². The Morgan fingerprint density at radius 1 is 1.45 bits per heavy atom. The fourth-order valence-corrected chi connectivity index (χ4v) is 1.45. The zero-order chi connectivity index (χ0) is 15.3. The fourth-order valence-electron chi connectivity index (χ4n) is 1.45. The number of rotatable bonds is 5. The number of ether oxygens (including phenoxy) is 1. The van der Waals surface area contributed by atoms with Crippen molar-refractivity contribution in [2.45, 2.75) is 32.5 Å². The summed E-state index contributed by atoms with van der Waals surface area (Å²) >= 11 is 0. The van der Waals surface area contributed by atoms with Crippen molar-refractivity contribution in [2.75, 3.05) is 17.7 Å². The van der Waals surface area contributed by atoms with Crippen LogP contribution in [0, 0.1) is 6.92 Å². The fraction of sp³-hybridized carbons (Fsp3) is 0.462. The van der Waals surface area contributed by atoms with Crippen molar-refractivity contribution in [3.63, 3.8) is 0 Å². The van der Waals surface area contributed by atoms with Crippen LogP contribution in [0.1, 0.15) is 18.9 Å². The molecule has 0 spiro atoms. The lowest BCUT2D eigenvalue weighted by molar-refractivity contribution is -0.152. The molecule has 4 nitrogen and oxygen atoms in total. The molecule has 1 amide bonds. The molecule has 0 bridgehead atoms. The molecule has 1 aromatic carbocycles. The van der Waals surface area contributed by atoms with Gasteiger partial charge in [0.2, 0.25) is 0 Å². The average molecular weight is 290 g/mol. The van der Waals surface area contributed by atoms with Gasteiger partial charge in [-0.3, -0.25) is 4.79 Å². The van der Waals surface area contributed by atoms with Crippen LogP contribution >= 0.6 is 0 Å². The smallest absolute Gasteiger partial charge is 0.391 e. The van der Waals surface area contributed by atoms with Gasteiger partial charge in [-0.1, -0.05) is 6.07 Å². The highest BCUT2D eigenvalue weighted by molar-refractivity contribution is 5.95. The van der Waals surface area contributed by atoms with Gasteiger partial charge in [0.15, 0.2) is 0 Å². The summed E-state index contributed by atoms with van der Waals surface area (Å²) in [5.41, 5.74) is 7.43. The molecule has 0 fully saturated rings. The Kier molecular flexibility index (Phi) is 5.38. The molecular formula is C13H17F3N2O2. The van der Waals surface area contributed by atoms with Gasteiger partial charge >= 0.3 is 6.18 Å². The zero-order valence-corrected chi connectivity index (χ0v) is 11.3. The van der Waals surface area contributed by atoms with Crippen LogP contribution in [-0.4, -0.2) is 24.8 Å². The minimum Gasteiger partial charge on any atom is -0.398 e. The molecule has 0 saturated heterocycles. The van der Waals surface area contributed by atoms with E-state index in [1.165, 1.54) is 6.92 Å². The number of carbonyl (C=O) groups is 1. The molecule has 0 aliphatic carbocycles. The number of nitrogens with one attached hydrogen (secondary N) is 1. The van der Waals surface area contributed by atoms with E-state index in [-0.39, 0.29) is 0 Å². The molecule has 0 saturated carbocycles. The standard InChI is InChI=1S/C13H17F3N2O2/c1-8-10(17)4-3-5-11(8)18-12(19)9(2)20-7-6-13(14,15)16/h3-5,9H,6-7,17H2,1-2H3,(H,18,19). The summed E-state index contributed by atoms with van der Waals surface area (Å²) in [5.74, 6) is -0.513. The lowest BCUT2D eigenvalue weighted by atomic mass is 10.1. The Morgan fingerprint density at radius 3 is 2.70 bits per heavy atom. The molecule has 0 aliphatic heterocycles. The number of alkyl halides is 3. The first-order valence-electron chi connectivity index (χ1n) is 6.05. The number of nitrogens with two attached hydrogens (primary N) is 1. The molecule has 0 aliphatic rings. The Balaban J connectivity index is 2.52. The lowest BCUT2D eigenvalue weighted by Gasteiger charge is -2.15. The van der Waals surface area contributed by atoms with Crippen LogP contribution in [0.15, 0.2) is 18.2 Å². The van der Waals surface area contributed by atoms with Gasteiger partial charge in [-0.15, -0.1) is 0 Å². The van der Waals surface area contributed by atoms with Crippen molar-refractivity contribution in [2.24, 2.45) is 0 Å². The van der Waals surface area contributed by atoms with E-state index in [1.54, 1.807) is 25.1 Å². The maximum atomic E-state index is 12.0. The number of hydrogen-bond acceptors (Lipinski definition) is 3. The van der Waals surface area contributed by atoms with Crippen LogP contribution in [0.3, 0.4) is 0 Å². The van der Waals surface area contributed by atoms with Crippen molar-refractivity contribution in [1.82, 2.24) is 0 Å². The molecule has 0 heterocycles. The van der Waals surface area contributed by atoms with Crippen LogP contribution in [0.25, 0.3) is 0 Å². The third-order valence-electron chi connectivity index (χ3n) is 2.76. The van der Waals surface area contributed by atoms with E-state index in [0.29, 0.717) is 16.9 Å². The van der Waals surface area contributed by atoms with Crippen molar-refractivity contribution in [1.29, 1.82) is 0 Å². The molecule has 1 unspecified atom stereocenters. The summed E-state index contributed by atoms with van der Waals surface area (Å²) in [4.78, 5) is 11.8. The highest BCUT2D eigenvalue weighted by atomic mass is 19.4. The van der Waals surface area contributed by atoms with Gasteiger partial charge < -0.3 is 15.8 Å². The normalized spacial score (nSPS) is 13.1. The number of benzene rings is 1. The number of anilines is 2. The van der Waals surface area contributed by atoms with E-state index >= 15 is 0 Å². The molecule has 0 radical (unpaired) electrons. The molecule has 1 aromatic rings. The summed E-state index contributed by atoms with van der Waals surface area (Å²) < 4.78 is 40.7. The molecule has 1 rings (SSSR count). The van der Waals surface area contributed by atoms with Gasteiger partial charge in [0.1, 0.15) is 6.10 Å². The molecule has 3 N–H and O–H groups in total. The largest absolute Gasteiger partial charge is 0.398 e. The summed E-state index contributed by atoms with van der Waals surface area (Å²) in [7, 11) is 0. The number of hydrogen-bond donors (Lipinski definition) is 2. The van der Waals surface area contributed by atoms with Crippen molar-refractivity contribution >= 4 is 17.3 Å². The first kappa shape index (κ1) is 16.3. The summed E-state index contributed by atoms with van der Waals surface area (Å²) in [6, 6.07) is 5.02. The maximum Gasteiger partial charge on any atom is 0.391 e. The monoisotopic (exact) mass is 290 g/mol. The van der Waals surface area contributed by atoms with Gasteiger partial charge in [0, 0.05) is 11.4 Å². The topological polar surface area (TPSA) is 64.3 Å².